The summed E-state index contributed by atoms with van der Waals surface area (Å²) in [5.41, 5.74) is 7.79. The molecule has 3 aromatic rings. The van der Waals surface area contributed by atoms with E-state index in [4.69, 9.17) is 0 Å². The largest absolute Gasteiger partial charge is 0.0814 e. The average molecular weight is 351 g/mol. The van der Waals surface area contributed by atoms with Gasteiger partial charge in [-0.1, -0.05) is 111 Å². The molecule has 0 aromatic heterocycles. The highest BCUT2D eigenvalue weighted by atomic mass is 14.4. The van der Waals surface area contributed by atoms with Gasteiger partial charge in [0.2, 0.25) is 0 Å². The molecule has 0 N–H and O–H groups in total. The quantitative estimate of drug-likeness (QED) is 0.478. The van der Waals surface area contributed by atoms with E-state index in [0.29, 0.717) is 5.92 Å². The molecule has 0 saturated heterocycles. The fraction of sp³-hybridized carbons (Fsp3) is 0.185. The number of benzene rings is 3. The van der Waals surface area contributed by atoms with E-state index in [1.54, 1.807) is 0 Å². The lowest BCUT2D eigenvalue weighted by molar-refractivity contribution is 0.793. The van der Waals surface area contributed by atoms with Crippen LogP contribution in [0.1, 0.15) is 41.7 Å². The van der Waals surface area contributed by atoms with E-state index in [2.05, 4.69) is 118 Å². The summed E-state index contributed by atoms with van der Waals surface area (Å²) < 4.78 is 0. The first-order valence-electron chi connectivity index (χ1n) is 9.75. The molecule has 0 radical (unpaired) electrons. The molecule has 0 unspecified atom stereocenters. The minimum Gasteiger partial charge on any atom is -0.0814 e. The maximum atomic E-state index is 2.47. The summed E-state index contributed by atoms with van der Waals surface area (Å²) in [6, 6.07) is 28.5. The Hall–Kier alpha value is -2.86. The molecular weight excluding hydrogens is 324 g/mol. The van der Waals surface area contributed by atoms with Crippen LogP contribution in [0.5, 0.6) is 0 Å². The van der Waals surface area contributed by atoms with Crippen molar-refractivity contribution in [3.63, 3.8) is 0 Å². The van der Waals surface area contributed by atoms with Gasteiger partial charge in [-0.05, 0) is 46.2 Å². The lowest BCUT2D eigenvalue weighted by Gasteiger charge is -2.31. The Morgan fingerprint density at radius 2 is 1.33 bits per heavy atom. The molecule has 0 amide bonds. The topological polar surface area (TPSA) is 0 Å². The van der Waals surface area contributed by atoms with Gasteiger partial charge in [-0.2, -0.15) is 0 Å². The van der Waals surface area contributed by atoms with Crippen LogP contribution < -0.4 is 0 Å². The van der Waals surface area contributed by atoms with Crippen molar-refractivity contribution in [3.05, 3.63) is 125 Å². The molecule has 0 fully saturated rings. The summed E-state index contributed by atoms with van der Waals surface area (Å²) in [6.07, 6.45) is 7.08. The van der Waals surface area contributed by atoms with Crippen LogP contribution in [-0.4, -0.2) is 0 Å². The predicted octanol–water partition coefficient (Wildman–Crippen LogP) is 6.94. The number of fused-ring (bicyclic) bond motifs is 1. The first-order chi connectivity index (χ1) is 13.1. The van der Waals surface area contributed by atoms with Crippen molar-refractivity contribution in [1.82, 2.24) is 0 Å². The normalized spacial score (nSPS) is 15.2. The van der Waals surface area contributed by atoms with Crippen LogP contribution in [0.2, 0.25) is 0 Å². The van der Waals surface area contributed by atoms with E-state index >= 15 is 0 Å². The molecule has 4 rings (SSSR count). The zero-order valence-corrected chi connectivity index (χ0v) is 16.3. The van der Waals surface area contributed by atoms with E-state index in [9.17, 15) is 0 Å². The second-order valence-corrected chi connectivity index (χ2v) is 7.74. The third kappa shape index (κ3) is 2.96. The predicted molar refractivity (Wildman–Crippen MR) is 116 cm³/mol. The standard InChI is InChI=1S/C27H26/c1-20(2)17-18-22-19-27(23-12-6-4-7-13-23,24-14-8-5-9-15-24)25-16-10-11-21(3)26(22)25/h4-20H,1-3H3. The van der Waals surface area contributed by atoms with Gasteiger partial charge in [0.15, 0.2) is 0 Å². The molecule has 134 valence electrons. The Kier molecular flexibility index (Phi) is 4.58. The summed E-state index contributed by atoms with van der Waals surface area (Å²) in [4.78, 5) is 0. The second kappa shape index (κ2) is 7.04. The molecule has 0 aliphatic heterocycles. The van der Waals surface area contributed by atoms with Crippen LogP contribution in [0.25, 0.3) is 5.57 Å². The van der Waals surface area contributed by atoms with Gasteiger partial charge in [0.05, 0.1) is 5.41 Å². The maximum absolute atomic E-state index is 2.47. The molecule has 0 bridgehead atoms. The third-order valence-corrected chi connectivity index (χ3v) is 5.48. The second-order valence-electron chi connectivity index (χ2n) is 7.74. The van der Waals surface area contributed by atoms with Crippen molar-refractivity contribution >= 4 is 5.57 Å². The minimum absolute atomic E-state index is 0.249. The van der Waals surface area contributed by atoms with Crippen molar-refractivity contribution in [2.75, 3.05) is 0 Å². The highest BCUT2D eigenvalue weighted by Crippen LogP contribution is 2.50. The molecule has 27 heavy (non-hydrogen) atoms. The average Bonchev–Trinajstić information content (AvgIpc) is 3.04. The Labute approximate surface area is 162 Å². The molecule has 1 aliphatic carbocycles. The van der Waals surface area contributed by atoms with Crippen molar-refractivity contribution in [2.45, 2.75) is 26.2 Å². The van der Waals surface area contributed by atoms with E-state index in [1.807, 2.05) is 0 Å². The van der Waals surface area contributed by atoms with Crippen LogP contribution in [0.3, 0.4) is 0 Å². The fourth-order valence-electron chi connectivity index (χ4n) is 4.24. The van der Waals surface area contributed by atoms with Gasteiger partial charge in [-0.15, -0.1) is 0 Å². The van der Waals surface area contributed by atoms with Gasteiger partial charge in [-0.25, -0.2) is 0 Å². The smallest absolute Gasteiger partial charge is 0.0647 e. The lowest BCUT2D eigenvalue weighted by Crippen LogP contribution is -2.25. The van der Waals surface area contributed by atoms with Crippen molar-refractivity contribution in [1.29, 1.82) is 0 Å². The van der Waals surface area contributed by atoms with Crippen LogP contribution in [0.4, 0.5) is 0 Å². The summed E-state index contributed by atoms with van der Waals surface area (Å²) in [6.45, 7) is 6.68. The highest BCUT2D eigenvalue weighted by molar-refractivity contribution is 5.88. The van der Waals surface area contributed by atoms with E-state index < -0.39 is 0 Å². The molecule has 0 nitrogen and oxygen atoms in total. The molecule has 0 saturated carbocycles. The summed E-state index contributed by atoms with van der Waals surface area (Å²) in [7, 11) is 0. The molecule has 1 aliphatic rings. The Balaban J connectivity index is 2.06. The summed E-state index contributed by atoms with van der Waals surface area (Å²) in [5.74, 6) is 0.529. The van der Waals surface area contributed by atoms with Gasteiger partial charge in [0.1, 0.15) is 0 Å². The third-order valence-electron chi connectivity index (χ3n) is 5.48. The van der Waals surface area contributed by atoms with E-state index in [1.165, 1.54) is 33.4 Å². The first-order valence-corrected chi connectivity index (χ1v) is 9.75. The Bertz CT molecular complexity index is 949. The zero-order chi connectivity index (χ0) is 18.9. The van der Waals surface area contributed by atoms with Gasteiger partial charge < -0.3 is 0 Å². The molecule has 0 heteroatoms. The minimum atomic E-state index is -0.249. The number of hydrogen-bond donors (Lipinski definition) is 0. The summed E-state index contributed by atoms with van der Waals surface area (Å²) >= 11 is 0. The number of allylic oxidation sites excluding steroid dienone is 4. The number of hydrogen-bond acceptors (Lipinski definition) is 0. The van der Waals surface area contributed by atoms with E-state index in [-0.39, 0.29) is 5.41 Å². The lowest BCUT2D eigenvalue weighted by atomic mass is 9.71. The van der Waals surface area contributed by atoms with Crippen molar-refractivity contribution in [3.8, 4) is 0 Å². The van der Waals surface area contributed by atoms with Gasteiger partial charge >= 0.3 is 0 Å². The maximum Gasteiger partial charge on any atom is 0.0647 e. The van der Waals surface area contributed by atoms with E-state index in [0.717, 1.165) is 0 Å². The van der Waals surface area contributed by atoms with Crippen LogP contribution in [0, 0.1) is 12.8 Å². The van der Waals surface area contributed by atoms with Crippen molar-refractivity contribution in [2.24, 2.45) is 5.92 Å². The fourth-order valence-corrected chi connectivity index (χ4v) is 4.24. The van der Waals surface area contributed by atoms with Gasteiger partial charge in [0, 0.05) is 0 Å². The molecule has 3 aromatic carbocycles. The number of aryl methyl sites for hydroxylation is 1. The van der Waals surface area contributed by atoms with Crippen LogP contribution in [-0.2, 0) is 5.41 Å². The molecule has 0 heterocycles. The van der Waals surface area contributed by atoms with Gasteiger partial charge in [-0.3, -0.25) is 0 Å². The Morgan fingerprint density at radius 3 is 1.89 bits per heavy atom. The van der Waals surface area contributed by atoms with Crippen LogP contribution >= 0.6 is 0 Å². The molecule has 0 spiro atoms. The monoisotopic (exact) mass is 350 g/mol. The Morgan fingerprint density at radius 1 is 0.741 bits per heavy atom. The van der Waals surface area contributed by atoms with Crippen molar-refractivity contribution < 1.29 is 0 Å². The SMILES string of the molecule is Cc1cccc2c1C(C=CC(C)C)=CC2(c1ccccc1)c1ccccc1. The number of rotatable bonds is 4. The molecule has 0 atom stereocenters. The van der Waals surface area contributed by atoms with Crippen LogP contribution in [0.15, 0.2) is 97.1 Å². The molecular formula is C27H26. The zero-order valence-electron chi connectivity index (χ0n) is 16.3. The first kappa shape index (κ1) is 17.5. The van der Waals surface area contributed by atoms with Gasteiger partial charge in [0.25, 0.3) is 0 Å². The summed E-state index contributed by atoms with van der Waals surface area (Å²) in [5, 5.41) is 0. The highest BCUT2D eigenvalue weighted by Gasteiger charge is 2.41.